The molecule has 2 aromatic carbocycles. The summed E-state index contributed by atoms with van der Waals surface area (Å²) in [6, 6.07) is 17.5. The van der Waals surface area contributed by atoms with Crippen molar-refractivity contribution in [3.8, 4) is 0 Å². The minimum atomic E-state index is -0.879. The van der Waals surface area contributed by atoms with Crippen LogP contribution in [0.4, 0.5) is 0 Å². The first-order valence-corrected chi connectivity index (χ1v) is 7.45. The SMILES string of the molecule is CC(=O)c1ccccc1.CNC.CNC.O=C(O)c1ccccc1. The van der Waals surface area contributed by atoms with Crippen LogP contribution in [0.25, 0.3) is 0 Å². The average molecular weight is 332 g/mol. The number of carbonyl (C=O) groups excluding carboxylic acids is 1. The zero-order valence-electron chi connectivity index (χ0n) is 15.0. The van der Waals surface area contributed by atoms with Crippen LogP contribution in [0.1, 0.15) is 27.6 Å². The molecular formula is C19H28N2O3. The van der Waals surface area contributed by atoms with Gasteiger partial charge < -0.3 is 15.7 Å². The molecule has 0 amide bonds. The molecule has 0 fully saturated rings. The number of Topliss-reactive ketones (excluding diaryl/α,β-unsaturated/α-hetero) is 1. The van der Waals surface area contributed by atoms with E-state index in [1.807, 2.05) is 58.5 Å². The van der Waals surface area contributed by atoms with Gasteiger partial charge in [-0.2, -0.15) is 0 Å². The Hall–Kier alpha value is -2.50. The van der Waals surface area contributed by atoms with Crippen LogP contribution in [0.2, 0.25) is 0 Å². The highest BCUT2D eigenvalue weighted by Gasteiger charge is 1.96. The van der Waals surface area contributed by atoms with Crippen molar-refractivity contribution in [3.63, 3.8) is 0 Å². The summed E-state index contributed by atoms with van der Waals surface area (Å²) in [6.45, 7) is 1.56. The van der Waals surface area contributed by atoms with Gasteiger partial charge in [0.2, 0.25) is 0 Å². The second-order valence-electron chi connectivity index (χ2n) is 4.59. The van der Waals surface area contributed by atoms with Gasteiger partial charge in [0, 0.05) is 5.56 Å². The van der Waals surface area contributed by atoms with Crippen LogP contribution in [-0.4, -0.2) is 45.0 Å². The van der Waals surface area contributed by atoms with Gasteiger partial charge in [0.15, 0.2) is 5.78 Å². The van der Waals surface area contributed by atoms with Crippen LogP contribution < -0.4 is 10.6 Å². The normalized spacial score (nSPS) is 8.21. The molecule has 0 aromatic heterocycles. The summed E-state index contributed by atoms with van der Waals surface area (Å²) in [5.41, 5.74) is 1.11. The molecule has 0 unspecified atom stereocenters. The van der Waals surface area contributed by atoms with Crippen LogP contribution in [0.3, 0.4) is 0 Å². The van der Waals surface area contributed by atoms with Crippen molar-refractivity contribution in [3.05, 3.63) is 71.8 Å². The molecule has 3 N–H and O–H groups in total. The van der Waals surface area contributed by atoms with Crippen molar-refractivity contribution < 1.29 is 14.7 Å². The number of ketones is 1. The van der Waals surface area contributed by atoms with Crippen molar-refractivity contribution in [2.45, 2.75) is 6.92 Å². The van der Waals surface area contributed by atoms with Gasteiger partial charge in [-0.05, 0) is 47.2 Å². The Morgan fingerprint density at radius 2 is 1.00 bits per heavy atom. The third-order valence-electron chi connectivity index (χ3n) is 2.20. The standard InChI is InChI=1S/C8H8O.C7H6O2.2C2H7N/c1-7(9)8-5-3-2-4-6-8;8-7(9)6-4-2-1-3-5-6;2*1-3-2/h2-6H,1H3;1-5H,(H,8,9);2*3H,1-2H3. The van der Waals surface area contributed by atoms with E-state index in [1.54, 1.807) is 37.3 Å². The lowest BCUT2D eigenvalue weighted by molar-refractivity contribution is 0.0696. The first-order valence-electron chi connectivity index (χ1n) is 7.45. The van der Waals surface area contributed by atoms with Gasteiger partial charge in [0.1, 0.15) is 0 Å². The lowest BCUT2D eigenvalue weighted by Gasteiger charge is -1.89. The fourth-order valence-corrected chi connectivity index (χ4v) is 1.25. The van der Waals surface area contributed by atoms with E-state index in [4.69, 9.17) is 5.11 Å². The van der Waals surface area contributed by atoms with Crippen LogP contribution in [0.5, 0.6) is 0 Å². The van der Waals surface area contributed by atoms with Crippen molar-refractivity contribution >= 4 is 11.8 Å². The third-order valence-corrected chi connectivity index (χ3v) is 2.20. The molecule has 0 radical (unpaired) electrons. The Balaban J connectivity index is 0. The van der Waals surface area contributed by atoms with Crippen LogP contribution in [-0.2, 0) is 0 Å². The second-order valence-corrected chi connectivity index (χ2v) is 4.59. The lowest BCUT2D eigenvalue weighted by atomic mass is 10.2. The fraction of sp³-hybridized carbons (Fsp3) is 0.263. The van der Waals surface area contributed by atoms with E-state index in [0.717, 1.165) is 5.56 Å². The van der Waals surface area contributed by atoms with E-state index in [1.165, 1.54) is 0 Å². The summed E-state index contributed by atoms with van der Waals surface area (Å²) in [6.07, 6.45) is 0. The maximum Gasteiger partial charge on any atom is 0.335 e. The number of hydrogen-bond acceptors (Lipinski definition) is 4. The highest BCUT2D eigenvalue weighted by molar-refractivity contribution is 5.93. The van der Waals surface area contributed by atoms with E-state index in [9.17, 15) is 9.59 Å². The summed E-state index contributed by atoms with van der Waals surface area (Å²) >= 11 is 0. The average Bonchev–Trinajstić information content (AvgIpc) is 2.58. The quantitative estimate of drug-likeness (QED) is 0.737. The van der Waals surface area contributed by atoms with E-state index in [2.05, 4.69) is 10.6 Å². The second kappa shape index (κ2) is 16.9. The molecule has 0 aliphatic heterocycles. The van der Waals surface area contributed by atoms with Gasteiger partial charge in [-0.3, -0.25) is 4.79 Å². The number of hydrogen-bond donors (Lipinski definition) is 3. The fourth-order valence-electron chi connectivity index (χ4n) is 1.25. The zero-order valence-corrected chi connectivity index (χ0v) is 15.0. The molecule has 0 heterocycles. The minimum Gasteiger partial charge on any atom is -0.478 e. The molecule has 2 rings (SSSR count). The molecule has 0 saturated carbocycles. The Kier molecular flexibility index (Phi) is 16.7. The predicted molar refractivity (Wildman–Crippen MR) is 99.8 cm³/mol. The van der Waals surface area contributed by atoms with E-state index >= 15 is 0 Å². The molecule has 0 bridgehead atoms. The topological polar surface area (TPSA) is 78.4 Å². The van der Waals surface area contributed by atoms with Crippen LogP contribution >= 0.6 is 0 Å². The number of benzene rings is 2. The largest absolute Gasteiger partial charge is 0.478 e. The number of carbonyl (C=O) groups is 2. The van der Waals surface area contributed by atoms with Gasteiger partial charge in [0.05, 0.1) is 5.56 Å². The summed E-state index contributed by atoms with van der Waals surface area (Å²) in [5, 5.41) is 13.9. The summed E-state index contributed by atoms with van der Waals surface area (Å²) in [7, 11) is 7.50. The summed E-state index contributed by atoms with van der Waals surface area (Å²) in [4.78, 5) is 20.8. The molecule has 5 nitrogen and oxygen atoms in total. The highest BCUT2D eigenvalue weighted by atomic mass is 16.4. The van der Waals surface area contributed by atoms with Gasteiger partial charge in [-0.25, -0.2) is 4.79 Å². The molecular weight excluding hydrogens is 304 g/mol. The number of rotatable bonds is 2. The molecule has 132 valence electrons. The molecule has 0 aliphatic rings. The maximum atomic E-state index is 10.6. The summed E-state index contributed by atoms with van der Waals surface area (Å²) in [5.74, 6) is -0.758. The molecule has 0 spiro atoms. The number of nitrogens with one attached hydrogen (secondary N) is 2. The first-order chi connectivity index (χ1) is 11.4. The number of carboxylic acid groups (broad SMARTS) is 1. The molecule has 0 saturated heterocycles. The molecule has 0 atom stereocenters. The highest BCUT2D eigenvalue weighted by Crippen LogP contribution is 1.97. The van der Waals surface area contributed by atoms with Gasteiger partial charge in [-0.15, -0.1) is 0 Å². The molecule has 2 aromatic rings. The zero-order chi connectivity index (χ0) is 18.8. The van der Waals surface area contributed by atoms with Crippen molar-refractivity contribution in [2.24, 2.45) is 0 Å². The summed E-state index contributed by atoms with van der Waals surface area (Å²) < 4.78 is 0. The van der Waals surface area contributed by atoms with Gasteiger partial charge in [-0.1, -0.05) is 48.5 Å². The Labute approximate surface area is 144 Å². The lowest BCUT2D eigenvalue weighted by Crippen LogP contribution is -1.93. The first kappa shape index (κ1) is 23.8. The van der Waals surface area contributed by atoms with Crippen molar-refractivity contribution in [2.75, 3.05) is 28.2 Å². The molecule has 24 heavy (non-hydrogen) atoms. The third kappa shape index (κ3) is 14.4. The van der Waals surface area contributed by atoms with Gasteiger partial charge in [0.25, 0.3) is 0 Å². The van der Waals surface area contributed by atoms with Crippen molar-refractivity contribution in [1.82, 2.24) is 10.6 Å². The predicted octanol–water partition coefficient (Wildman–Crippen LogP) is 2.95. The Bertz CT molecular complexity index is 492. The Morgan fingerprint density at radius 1 is 0.708 bits per heavy atom. The molecule has 0 aliphatic carbocycles. The van der Waals surface area contributed by atoms with E-state index in [-0.39, 0.29) is 5.78 Å². The molecule has 5 heteroatoms. The Morgan fingerprint density at radius 3 is 1.17 bits per heavy atom. The van der Waals surface area contributed by atoms with Crippen LogP contribution in [0.15, 0.2) is 60.7 Å². The van der Waals surface area contributed by atoms with E-state index < -0.39 is 5.97 Å². The smallest absolute Gasteiger partial charge is 0.335 e. The van der Waals surface area contributed by atoms with E-state index in [0.29, 0.717) is 5.56 Å². The maximum absolute atomic E-state index is 10.6. The number of aromatic carboxylic acids is 1. The van der Waals surface area contributed by atoms with Gasteiger partial charge >= 0.3 is 5.97 Å². The minimum absolute atomic E-state index is 0.121. The number of carboxylic acids is 1. The van der Waals surface area contributed by atoms with Crippen molar-refractivity contribution in [1.29, 1.82) is 0 Å². The monoisotopic (exact) mass is 332 g/mol. The van der Waals surface area contributed by atoms with Crippen LogP contribution in [0, 0.1) is 0 Å².